The van der Waals surface area contributed by atoms with E-state index < -0.39 is 31.4 Å². The monoisotopic (exact) mass is 459 g/mol. The van der Waals surface area contributed by atoms with Crippen LogP contribution in [-0.2, 0) is 20.6 Å². The molecule has 0 heterocycles. The summed E-state index contributed by atoms with van der Waals surface area (Å²) < 4.78 is 11.9. The maximum absolute atomic E-state index is 13.0. The van der Waals surface area contributed by atoms with Crippen LogP contribution in [0.5, 0.6) is 0 Å². The van der Waals surface area contributed by atoms with Gasteiger partial charge in [-0.2, -0.15) is 11.8 Å². The van der Waals surface area contributed by atoms with Crippen LogP contribution < -0.4 is 16.0 Å². The standard InChI is InChI=1S/C20H34N3O5PS/c1-14(2)12-16(22-18(10-11-30-4)29(26,27)28)20(25)23-17(19(24)21-3)13-15-8-6-5-7-9-15/h5-9,14,16-18,22H,10-13H2,1-4H3,(H,21,24)(H,23,25)(H2,26,27,28)/t16-,17?,18-/m0/s1. The average Bonchev–Trinajstić information content (AvgIpc) is 2.68. The highest BCUT2D eigenvalue weighted by Gasteiger charge is 2.34. The number of carbonyl (C=O) groups excluding carboxylic acids is 2. The molecule has 0 aliphatic rings. The van der Waals surface area contributed by atoms with Crippen molar-refractivity contribution >= 4 is 31.2 Å². The number of thioether (sulfide) groups is 1. The van der Waals surface area contributed by atoms with Gasteiger partial charge in [0.05, 0.1) is 6.04 Å². The number of benzene rings is 1. The molecule has 1 rings (SSSR count). The van der Waals surface area contributed by atoms with Crippen molar-refractivity contribution in [3.8, 4) is 0 Å². The van der Waals surface area contributed by atoms with Gasteiger partial charge in [0, 0.05) is 13.5 Å². The van der Waals surface area contributed by atoms with Crippen LogP contribution in [0.25, 0.3) is 0 Å². The Morgan fingerprint density at radius 1 is 1.10 bits per heavy atom. The molecule has 170 valence electrons. The van der Waals surface area contributed by atoms with E-state index in [-0.39, 0.29) is 18.2 Å². The molecule has 0 aromatic heterocycles. The minimum Gasteiger partial charge on any atom is -0.357 e. The molecule has 0 saturated heterocycles. The molecule has 3 atom stereocenters. The number of likely N-dealkylation sites (N-methyl/N-ethyl adjacent to an activating group) is 1. The first kappa shape index (κ1) is 26.7. The Kier molecular flexibility index (Phi) is 11.7. The third-order valence-electron chi connectivity index (χ3n) is 4.58. The van der Waals surface area contributed by atoms with Crippen LogP contribution in [0.1, 0.15) is 32.3 Å². The Hall–Kier alpha value is -1.38. The van der Waals surface area contributed by atoms with E-state index in [9.17, 15) is 23.9 Å². The summed E-state index contributed by atoms with van der Waals surface area (Å²) in [7, 11) is -2.94. The molecule has 8 nitrogen and oxygen atoms in total. The molecule has 10 heteroatoms. The van der Waals surface area contributed by atoms with Crippen LogP contribution in [0.15, 0.2) is 30.3 Å². The minimum atomic E-state index is -4.44. The topological polar surface area (TPSA) is 128 Å². The summed E-state index contributed by atoms with van der Waals surface area (Å²) in [5.41, 5.74) is 0.896. The van der Waals surface area contributed by atoms with Crippen molar-refractivity contribution in [1.82, 2.24) is 16.0 Å². The number of hydrogen-bond acceptors (Lipinski definition) is 5. The smallest absolute Gasteiger partial charge is 0.342 e. The lowest BCUT2D eigenvalue weighted by atomic mass is 10.0. The van der Waals surface area contributed by atoms with Crippen LogP contribution in [0.2, 0.25) is 0 Å². The fraction of sp³-hybridized carbons (Fsp3) is 0.600. The zero-order chi connectivity index (χ0) is 22.7. The molecular formula is C20H34N3O5PS. The van der Waals surface area contributed by atoms with E-state index in [1.54, 1.807) is 0 Å². The fourth-order valence-electron chi connectivity index (χ4n) is 3.04. The first-order valence-electron chi connectivity index (χ1n) is 9.94. The van der Waals surface area contributed by atoms with Gasteiger partial charge in [0.25, 0.3) is 0 Å². The highest BCUT2D eigenvalue weighted by atomic mass is 32.2. The van der Waals surface area contributed by atoms with Gasteiger partial charge in [0.2, 0.25) is 11.8 Å². The van der Waals surface area contributed by atoms with Gasteiger partial charge in [0.15, 0.2) is 0 Å². The Morgan fingerprint density at radius 2 is 1.73 bits per heavy atom. The highest BCUT2D eigenvalue weighted by molar-refractivity contribution is 7.98. The van der Waals surface area contributed by atoms with Gasteiger partial charge in [0.1, 0.15) is 11.8 Å². The van der Waals surface area contributed by atoms with Gasteiger partial charge in [-0.25, -0.2) is 0 Å². The Morgan fingerprint density at radius 3 is 2.23 bits per heavy atom. The normalized spacial score (nSPS) is 14.8. The number of amides is 2. The molecule has 0 saturated carbocycles. The molecule has 2 amide bonds. The summed E-state index contributed by atoms with van der Waals surface area (Å²) >= 11 is 1.48. The molecular weight excluding hydrogens is 425 g/mol. The molecule has 0 aliphatic heterocycles. The van der Waals surface area contributed by atoms with Gasteiger partial charge < -0.3 is 20.4 Å². The maximum Gasteiger partial charge on any atom is 0.342 e. The van der Waals surface area contributed by atoms with Gasteiger partial charge >= 0.3 is 7.60 Å². The Balaban J connectivity index is 3.00. The van der Waals surface area contributed by atoms with Crippen molar-refractivity contribution in [2.24, 2.45) is 5.92 Å². The Bertz CT molecular complexity index is 714. The largest absolute Gasteiger partial charge is 0.357 e. The number of rotatable bonds is 13. The van der Waals surface area contributed by atoms with Crippen molar-refractivity contribution in [2.45, 2.75) is 51.0 Å². The third kappa shape index (κ3) is 9.62. The van der Waals surface area contributed by atoms with Crippen LogP contribution in [0.4, 0.5) is 0 Å². The van der Waals surface area contributed by atoms with Crippen LogP contribution in [-0.4, -0.2) is 58.5 Å². The lowest BCUT2D eigenvalue weighted by Gasteiger charge is -2.28. The zero-order valence-corrected chi connectivity index (χ0v) is 19.7. The quantitative estimate of drug-likeness (QED) is 0.284. The van der Waals surface area contributed by atoms with Gasteiger partial charge in [-0.1, -0.05) is 44.2 Å². The maximum atomic E-state index is 13.0. The molecule has 1 aromatic carbocycles. The van der Waals surface area contributed by atoms with E-state index >= 15 is 0 Å². The molecule has 1 unspecified atom stereocenters. The summed E-state index contributed by atoms with van der Waals surface area (Å²) in [6, 6.07) is 7.72. The second kappa shape index (κ2) is 13.1. The van der Waals surface area contributed by atoms with Gasteiger partial charge in [-0.15, -0.1) is 0 Å². The summed E-state index contributed by atoms with van der Waals surface area (Å²) in [4.78, 5) is 44.8. The first-order chi connectivity index (χ1) is 14.1. The summed E-state index contributed by atoms with van der Waals surface area (Å²) in [6.45, 7) is 3.85. The fourth-order valence-corrected chi connectivity index (χ4v) is 4.52. The Labute approximate surface area is 183 Å². The van der Waals surface area contributed by atoms with E-state index in [0.29, 0.717) is 18.6 Å². The van der Waals surface area contributed by atoms with E-state index in [2.05, 4.69) is 16.0 Å². The number of nitrogens with one attached hydrogen (secondary N) is 3. The van der Waals surface area contributed by atoms with E-state index in [0.717, 1.165) is 5.56 Å². The SMILES string of the molecule is CNC(=O)C(Cc1ccccc1)NC(=O)[C@H](CC(C)C)N[C@H](CCSC)P(=O)(O)O. The van der Waals surface area contributed by atoms with Crippen LogP contribution in [0, 0.1) is 5.92 Å². The first-order valence-corrected chi connectivity index (χ1v) is 13.0. The highest BCUT2D eigenvalue weighted by Crippen LogP contribution is 2.42. The van der Waals surface area contributed by atoms with Crippen molar-refractivity contribution in [3.63, 3.8) is 0 Å². The predicted octanol–water partition coefficient (Wildman–Crippen LogP) is 1.72. The molecule has 0 radical (unpaired) electrons. The predicted molar refractivity (Wildman–Crippen MR) is 121 cm³/mol. The van der Waals surface area contributed by atoms with E-state index in [4.69, 9.17) is 0 Å². The minimum absolute atomic E-state index is 0.110. The van der Waals surface area contributed by atoms with Crippen molar-refractivity contribution < 1.29 is 23.9 Å². The average molecular weight is 460 g/mol. The number of hydrogen-bond donors (Lipinski definition) is 5. The summed E-state index contributed by atoms with van der Waals surface area (Å²) in [5, 5.41) is 8.19. The second-order valence-corrected chi connectivity index (χ2v) is 10.4. The lowest BCUT2D eigenvalue weighted by molar-refractivity contribution is -0.130. The molecule has 0 spiro atoms. The zero-order valence-electron chi connectivity index (χ0n) is 18.0. The number of carbonyl (C=O) groups is 2. The molecule has 30 heavy (non-hydrogen) atoms. The van der Waals surface area contributed by atoms with Crippen molar-refractivity contribution in [1.29, 1.82) is 0 Å². The molecule has 0 aliphatic carbocycles. The third-order valence-corrected chi connectivity index (χ3v) is 6.44. The van der Waals surface area contributed by atoms with Crippen molar-refractivity contribution in [2.75, 3.05) is 19.1 Å². The molecule has 5 N–H and O–H groups in total. The lowest BCUT2D eigenvalue weighted by Crippen LogP contribution is -2.55. The molecule has 1 aromatic rings. The molecule has 0 fully saturated rings. The van der Waals surface area contributed by atoms with E-state index in [1.165, 1.54) is 18.8 Å². The van der Waals surface area contributed by atoms with Crippen molar-refractivity contribution in [3.05, 3.63) is 35.9 Å². The van der Waals surface area contributed by atoms with E-state index in [1.807, 2.05) is 50.4 Å². The summed E-state index contributed by atoms with van der Waals surface area (Å²) in [5.74, 6) is -1.24. The van der Waals surface area contributed by atoms with Crippen LogP contribution >= 0.6 is 19.4 Å². The summed E-state index contributed by atoms with van der Waals surface area (Å²) in [6.07, 6.45) is 2.78. The molecule has 0 bridgehead atoms. The second-order valence-electron chi connectivity index (χ2n) is 7.60. The van der Waals surface area contributed by atoms with Crippen LogP contribution in [0.3, 0.4) is 0 Å². The van der Waals surface area contributed by atoms with Gasteiger partial charge in [-0.3, -0.25) is 19.5 Å². The van der Waals surface area contributed by atoms with Gasteiger partial charge in [-0.05, 0) is 36.3 Å².